The van der Waals surface area contributed by atoms with Gasteiger partial charge in [0.05, 0.1) is 0 Å². The molecule has 1 aliphatic rings. The van der Waals surface area contributed by atoms with Crippen molar-refractivity contribution in [2.75, 3.05) is 13.6 Å². The van der Waals surface area contributed by atoms with Crippen LogP contribution in [-0.2, 0) is 12.8 Å². The van der Waals surface area contributed by atoms with Gasteiger partial charge in [-0.3, -0.25) is 0 Å². The SMILES string of the molecule is CN(CCCc1ccccc1)C1Cc2ccccc2C(c2ccccc2)C1. The summed E-state index contributed by atoms with van der Waals surface area (Å²) in [5, 5.41) is 0. The van der Waals surface area contributed by atoms with Crippen molar-refractivity contribution in [3.63, 3.8) is 0 Å². The molecule has 0 fully saturated rings. The molecule has 27 heavy (non-hydrogen) atoms. The Morgan fingerprint density at radius 2 is 1.48 bits per heavy atom. The quantitative estimate of drug-likeness (QED) is 0.548. The molecule has 0 aromatic heterocycles. The second kappa shape index (κ2) is 8.54. The van der Waals surface area contributed by atoms with Crippen molar-refractivity contribution < 1.29 is 0 Å². The van der Waals surface area contributed by atoms with E-state index >= 15 is 0 Å². The Morgan fingerprint density at radius 3 is 2.26 bits per heavy atom. The van der Waals surface area contributed by atoms with Gasteiger partial charge in [-0.25, -0.2) is 0 Å². The highest BCUT2D eigenvalue weighted by atomic mass is 15.1. The molecule has 0 spiro atoms. The first-order chi connectivity index (χ1) is 13.3. The summed E-state index contributed by atoms with van der Waals surface area (Å²) in [7, 11) is 2.31. The topological polar surface area (TPSA) is 3.24 Å². The average molecular weight is 356 g/mol. The molecule has 0 N–H and O–H groups in total. The molecule has 0 bridgehead atoms. The number of fused-ring (bicyclic) bond motifs is 1. The number of aryl methyl sites for hydroxylation is 1. The molecule has 0 saturated heterocycles. The summed E-state index contributed by atoms with van der Waals surface area (Å²) < 4.78 is 0. The van der Waals surface area contributed by atoms with E-state index < -0.39 is 0 Å². The van der Waals surface area contributed by atoms with Gasteiger partial charge in [-0.05, 0) is 61.5 Å². The molecule has 1 nitrogen and oxygen atoms in total. The third-order valence-electron chi connectivity index (χ3n) is 6.04. The van der Waals surface area contributed by atoms with Gasteiger partial charge in [0, 0.05) is 12.0 Å². The third-order valence-corrected chi connectivity index (χ3v) is 6.04. The third kappa shape index (κ3) is 4.31. The Balaban J connectivity index is 1.46. The fourth-order valence-electron chi connectivity index (χ4n) is 4.49. The molecule has 0 saturated carbocycles. The zero-order valence-electron chi connectivity index (χ0n) is 16.2. The molecule has 0 radical (unpaired) electrons. The lowest BCUT2D eigenvalue weighted by Crippen LogP contribution is -2.38. The van der Waals surface area contributed by atoms with Crippen LogP contribution in [-0.4, -0.2) is 24.5 Å². The Hall–Kier alpha value is -2.38. The number of likely N-dealkylation sites (N-methyl/N-ethyl adjacent to an activating group) is 1. The summed E-state index contributed by atoms with van der Waals surface area (Å²) >= 11 is 0. The first-order valence-corrected chi connectivity index (χ1v) is 10.2. The van der Waals surface area contributed by atoms with E-state index in [2.05, 4.69) is 96.9 Å². The van der Waals surface area contributed by atoms with Gasteiger partial charge in [0.15, 0.2) is 0 Å². The van der Waals surface area contributed by atoms with Gasteiger partial charge in [-0.15, -0.1) is 0 Å². The highest BCUT2D eigenvalue weighted by Gasteiger charge is 2.29. The van der Waals surface area contributed by atoms with Crippen molar-refractivity contribution in [1.29, 1.82) is 0 Å². The molecule has 0 aliphatic heterocycles. The smallest absolute Gasteiger partial charge is 0.0142 e. The Bertz CT molecular complexity index is 840. The molecule has 4 rings (SSSR count). The van der Waals surface area contributed by atoms with E-state index in [1.807, 2.05) is 0 Å². The maximum Gasteiger partial charge on any atom is 0.0142 e. The van der Waals surface area contributed by atoms with Crippen LogP contribution in [0.15, 0.2) is 84.9 Å². The molecule has 1 heteroatoms. The van der Waals surface area contributed by atoms with Gasteiger partial charge in [0.25, 0.3) is 0 Å². The fourth-order valence-corrected chi connectivity index (χ4v) is 4.49. The normalized spacial score (nSPS) is 19.0. The van der Waals surface area contributed by atoms with Crippen molar-refractivity contribution in [1.82, 2.24) is 4.90 Å². The summed E-state index contributed by atoms with van der Waals surface area (Å²) in [4.78, 5) is 2.59. The summed E-state index contributed by atoms with van der Waals surface area (Å²) in [6.45, 7) is 1.16. The van der Waals surface area contributed by atoms with E-state index in [0.717, 1.165) is 13.0 Å². The summed E-state index contributed by atoms with van der Waals surface area (Å²) in [6.07, 6.45) is 4.76. The molecular formula is C26H29N. The second-order valence-corrected chi connectivity index (χ2v) is 7.83. The maximum atomic E-state index is 2.59. The maximum absolute atomic E-state index is 2.59. The van der Waals surface area contributed by atoms with Crippen LogP contribution in [0.3, 0.4) is 0 Å². The van der Waals surface area contributed by atoms with Crippen LogP contribution in [0.1, 0.15) is 41.0 Å². The monoisotopic (exact) mass is 355 g/mol. The average Bonchev–Trinajstić information content (AvgIpc) is 2.74. The predicted octanol–water partition coefficient (Wildman–Crippen LogP) is 5.70. The molecule has 2 atom stereocenters. The van der Waals surface area contributed by atoms with E-state index in [9.17, 15) is 0 Å². The van der Waals surface area contributed by atoms with Crippen molar-refractivity contribution in [3.05, 3.63) is 107 Å². The summed E-state index contributed by atoms with van der Waals surface area (Å²) in [6, 6.07) is 31.6. The lowest BCUT2D eigenvalue weighted by Gasteiger charge is -2.37. The molecule has 138 valence electrons. The van der Waals surface area contributed by atoms with E-state index in [0.29, 0.717) is 12.0 Å². The second-order valence-electron chi connectivity index (χ2n) is 7.83. The lowest BCUT2D eigenvalue weighted by atomic mass is 9.76. The lowest BCUT2D eigenvalue weighted by molar-refractivity contribution is 0.212. The number of nitrogens with zero attached hydrogens (tertiary/aromatic N) is 1. The standard InChI is InChI=1S/C26H29N/c1-27(18-10-13-21-11-4-2-5-12-21)24-19-23-16-8-9-17-25(23)26(20-24)22-14-6-3-7-15-22/h2-9,11-12,14-17,24,26H,10,13,18-20H2,1H3. The van der Waals surface area contributed by atoms with Gasteiger partial charge in [0.1, 0.15) is 0 Å². The number of hydrogen-bond acceptors (Lipinski definition) is 1. The number of rotatable bonds is 6. The van der Waals surface area contributed by atoms with Gasteiger partial charge in [-0.2, -0.15) is 0 Å². The highest BCUT2D eigenvalue weighted by Crippen LogP contribution is 2.38. The van der Waals surface area contributed by atoms with Crippen LogP contribution >= 0.6 is 0 Å². The van der Waals surface area contributed by atoms with Gasteiger partial charge in [0.2, 0.25) is 0 Å². The van der Waals surface area contributed by atoms with Crippen LogP contribution < -0.4 is 0 Å². The van der Waals surface area contributed by atoms with Crippen LogP contribution in [0, 0.1) is 0 Å². The van der Waals surface area contributed by atoms with Gasteiger partial charge >= 0.3 is 0 Å². The van der Waals surface area contributed by atoms with Gasteiger partial charge in [-0.1, -0.05) is 84.9 Å². The van der Waals surface area contributed by atoms with Crippen LogP contribution in [0.25, 0.3) is 0 Å². The number of hydrogen-bond donors (Lipinski definition) is 0. The van der Waals surface area contributed by atoms with Gasteiger partial charge < -0.3 is 4.90 Å². The molecule has 0 amide bonds. The number of benzene rings is 3. The molecule has 3 aromatic carbocycles. The van der Waals surface area contributed by atoms with E-state index in [1.165, 1.54) is 41.5 Å². The molecule has 1 aliphatic carbocycles. The minimum absolute atomic E-state index is 0.512. The highest BCUT2D eigenvalue weighted by molar-refractivity contribution is 5.41. The Kier molecular flexibility index (Phi) is 5.69. The van der Waals surface area contributed by atoms with E-state index in [-0.39, 0.29) is 0 Å². The first-order valence-electron chi connectivity index (χ1n) is 10.2. The minimum Gasteiger partial charge on any atom is -0.303 e. The first kappa shape index (κ1) is 18.0. The molecular weight excluding hydrogens is 326 g/mol. The predicted molar refractivity (Wildman–Crippen MR) is 114 cm³/mol. The van der Waals surface area contributed by atoms with Crippen LogP contribution in [0.4, 0.5) is 0 Å². The minimum atomic E-state index is 0.512. The van der Waals surface area contributed by atoms with Crippen molar-refractivity contribution in [2.24, 2.45) is 0 Å². The van der Waals surface area contributed by atoms with Crippen molar-refractivity contribution in [2.45, 2.75) is 37.6 Å². The Morgan fingerprint density at radius 1 is 0.815 bits per heavy atom. The molecule has 2 unspecified atom stereocenters. The zero-order valence-corrected chi connectivity index (χ0v) is 16.2. The largest absolute Gasteiger partial charge is 0.303 e. The Labute approximate surface area is 163 Å². The van der Waals surface area contributed by atoms with E-state index in [1.54, 1.807) is 0 Å². The van der Waals surface area contributed by atoms with E-state index in [4.69, 9.17) is 0 Å². The van der Waals surface area contributed by atoms with Crippen molar-refractivity contribution in [3.8, 4) is 0 Å². The fraction of sp³-hybridized carbons (Fsp3) is 0.308. The molecule has 0 heterocycles. The van der Waals surface area contributed by atoms with Crippen molar-refractivity contribution >= 4 is 0 Å². The summed E-state index contributed by atoms with van der Waals surface area (Å²) in [5.41, 5.74) is 5.95. The van der Waals surface area contributed by atoms with Crippen LogP contribution in [0.5, 0.6) is 0 Å². The molecule has 3 aromatic rings. The summed E-state index contributed by atoms with van der Waals surface area (Å²) in [5.74, 6) is 0.512. The van der Waals surface area contributed by atoms with Crippen LogP contribution in [0.2, 0.25) is 0 Å². The zero-order chi connectivity index (χ0) is 18.5.